The van der Waals surface area contributed by atoms with Gasteiger partial charge in [-0.25, -0.2) is 18.1 Å². The SMILES string of the molecule is CNS(=O)(=O)c1ccc(CC(=O)c2ccccc2)c(-c2cn(C)cn2)c1. The van der Waals surface area contributed by atoms with Gasteiger partial charge in [-0.05, 0) is 24.7 Å². The number of rotatable bonds is 6. The van der Waals surface area contributed by atoms with Gasteiger partial charge in [0.1, 0.15) is 0 Å². The van der Waals surface area contributed by atoms with Crippen LogP contribution in [0, 0.1) is 0 Å². The van der Waals surface area contributed by atoms with Gasteiger partial charge in [-0.1, -0.05) is 36.4 Å². The first-order valence-electron chi connectivity index (χ1n) is 8.04. The molecule has 0 aliphatic rings. The highest BCUT2D eigenvalue weighted by atomic mass is 32.2. The lowest BCUT2D eigenvalue weighted by Crippen LogP contribution is -2.18. The predicted octanol–water partition coefficient (Wildman–Crippen LogP) is 2.42. The number of Topliss-reactive ketones (excluding diaryl/α,β-unsaturated/α-hetero) is 1. The van der Waals surface area contributed by atoms with Crippen molar-refractivity contribution in [3.8, 4) is 11.3 Å². The van der Waals surface area contributed by atoms with Crippen molar-refractivity contribution in [2.24, 2.45) is 7.05 Å². The van der Waals surface area contributed by atoms with Gasteiger partial charge in [0.25, 0.3) is 0 Å². The van der Waals surface area contributed by atoms with Gasteiger partial charge in [0.05, 0.1) is 16.9 Å². The van der Waals surface area contributed by atoms with Crippen LogP contribution < -0.4 is 4.72 Å². The van der Waals surface area contributed by atoms with E-state index in [4.69, 9.17) is 0 Å². The second kappa shape index (κ2) is 7.23. The fraction of sp³-hybridized carbons (Fsp3) is 0.158. The second-order valence-corrected chi connectivity index (χ2v) is 7.80. The van der Waals surface area contributed by atoms with Crippen molar-refractivity contribution in [3.05, 3.63) is 72.2 Å². The molecule has 134 valence electrons. The molecule has 0 unspecified atom stereocenters. The van der Waals surface area contributed by atoms with E-state index in [1.165, 1.54) is 13.1 Å². The first kappa shape index (κ1) is 18.0. The van der Waals surface area contributed by atoms with Crippen molar-refractivity contribution < 1.29 is 13.2 Å². The lowest BCUT2D eigenvalue weighted by Gasteiger charge is -2.10. The molecule has 0 fully saturated rings. The van der Waals surface area contributed by atoms with Gasteiger partial charge in [-0.15, -0.1) is 0 Å². The van der Waals surface area contributed by atoms with Crippen LogP contribution in [0.2, 0.25) is 0 Å². The van der Waals surface area contributed by atoms with Gasteiger partial charge in [0, 0.05) is 30.8 Å². The van der Waals surface area contributed by atoms with E-state index in [9.17, 15) is 13.2 Å². The molecule has 7 heteroatoms. The number of aryl methyl sites for hydroxylation is 1. The Morgan fingerprint density at radius 3 is 2.50 bits per heavy atom. The van der Waals surface area contributed by atoms with Gasteiger partial charge >= 0.3 is 0 Å². The Hall–Kier alpha value is -2.77. The van der Waals surface area contributed by atoms with Crippen LogP contribution in [0.5, 0.6) is 0 Å². The van der Waals surface area contributed by atoms with E-state index in [0.29, 0.717) is 16.8 Å². The number of aromatic nitrogens is 2. The summed E-state index contributed by atoms with van der Waals surface area (Å²) >= 11 is 0. The van der Waals surface area contributed by atoms with Crippen LogP contribution in [0.4, 0.5) is 0 Å². The first-order chi connectivity index (χ1) is 12.4. The fourth-order valence-corrected chi connectivity index (χ4v) is 3.44. The number of hydrogen-bond acceptors (Lipinski definition) is 4. The number of hydrogen-bond donors (Lipinski definition) is 1. The molecule has 0 radical (unpaired) electrons. The van der Waals surface area contributed by atoms with E-state index in [1.807, 2.05) is 25.2 Å². The minimum absolute atomic E-state index is 0.0352. The van der Waals surface area contributed by atoms with Crippen molar-refractivity contribution in [2.45, 2.75) is 11.3 Å². The topological polar surface area (TPSA) is 81.1 Å². The van der Waals surface area contributed by atoms with Crippen LogP contribution >= 0.6 is 0 Å². The Morgan fingerprint density at radius 2 is 1.88 bits per heavy atom. The zero-order chi connectivity index (χ0) is 18.7. The Bertz CT molecular complexity index is 1040. The average molecular weight is 369 g/mol. The maximum Gasteiger partial charge on any atom is 0.240 e. The number of imidazole rings is 1. The third-order valence-corrected chi connectivity index (χ3v) is 5.50. The van der Waals surface area contributed by atoms with Crippen LogP contribution in [0.1, 0.15) is 15.9 Å². The summed E-state index contributed by atoms with van der Waals surface area (Å²) in [5, 5.41) is 0. The van der Waals surface area contributed by atoms with Gasteiger partial charge in [-0.2, -0.15) is 0 Å². The summed E-state index contributed by atoms with van der Waals surface area (Å²) in [5.41, 5.74) is 2.60. The zero-order valence-corrected chi connectivity index (χ0v) is 15.3. The predicted molar refractivity (Wildman–Crippen MR) is 99.4 cm³/mol. The summed E-state index contributed by atoms with van der Waals surface area (Å²) in [6.07, 6.45) is 3.59. The molecule has 0 saturated heterocycles. The molecule has 0 amide bonds. The molecule has 0 saturated carbocycles. The van der Waals surface area contributed by atoms with Crippen LogP contribution in [0.15, 0.2) is 66.0 Å². The number of sulfonamides is 1. The Morgan fingerprint density at radius 1 is 1.15 bits per heavy atom. The van der Waals surface area contributed by atoms with Gasteiger partial charge < -0.3 is 4.57 Å². The molecule has 1 heterocycles. The van der Waals surface area contributed by atoms with Gasteiger partial charge in [0.15, 0.2) is 5.78 Å². The van der Waals surface area contributed by atoms with Crippen LogP contribution in [0.3, 0.4) is 0 Å². The van der Waals surface area contributed by atoms with E-state index >= 15 is 0 Å². The maximum atomic E-state index is 12.6. The average Bonchev–Trinajstić information content (AvgIpc) is 3.08. The number of benzene rings is 2. The van der Waals surface area contributed by atoms with Crippen molar-refractivity contribution in [2.75, 3.05) is 7.05 Å². The third kappa shape index (κ3) is 3.74. The Labute approximate surface area is 152 Å². The van der Waals surface area contributed by atoms with Gasteiger partial charge in [0.2, 0.25) is 10.0 Å². The summed E-state index contributed by atoms with van der Waals surface area (Å²) in [4.78, 5) is 17.0. The highest BCUT2D eigenvalue weighted by Gasteiger charge is 2.18. The largest absolute Gasteiger partial charge is 0.340 e. The third-order valence-electron chi connectivity index (χ3n) is 4.09. The van der Waals surface area contributed by atoms with E-state index in [-0.39, 0.29) is 17.1 Å². The highest BCUT2D eigenvalue weighted by Crippen LogP contribution is 2.26. The van der Waals surface area contributed by atoms with Crippen LogP contribution in [0.25, 0.3) is 11.3 Å². The first-order valence-corrected chi connectivity index (χ1v) is 9.52. The Kier molecular flexibility index (Phi) is 5.01. The standard InChI is InChI=1S/C19H19N3O3S/c1-20-26(24,25)16-9-8-15(10-19(23)14-6-4-3-5-7-14)17(11-16)18-12-22(2)13-21-18/h3-9,11-13,20H,10H2,1-2H3. The molecular formula is C19H19N3O3S. The van der Waals surface area contributed by atoms with Crippen LogP contribution in [-0.2, 0) is 23.5 Å². The smallest absolute Gasteiger partial charge is 0.240 e. The van der Waals surface area contributed by atoms with Gasteiger partial charge in [-0.3, -0.25) is 4.79 Å². The minimum Gasteiger partial charge on any atom is -0.340 e. The summed E-state index contributed by atoms with van der Waals surface area (Å²) in [6, 6.07) is 13.8. The maximum absolute atomic E-state index is 12.6. The second-order valence-electron chi connectivity index (χ2n) is 5.92. The summed E-state index contributed by atoms with van der Waals surface area (Å²) in [6.45, 7) is 0. The normalized spacial score (nSPS) is 11.5. The van der Waals surface area contributed by atoms with Crippen molar-refractivity contribution in [1.29, 1.82) is 0 Å². The van der Waals surface area contributed by atoms with Crippen molar-refractivity contribution in [1.82, 2.24) is 14.3 Å². The molecule has 0 spiro atoms. The molecule has 3 aromatic rings. The van der Waals surface area contributed by atoms with Crippen molar-refractivity contribution >= 4 is 15.8 Å². The molecule has 0 aliphatic carbocycles. The van der Waals surface area contributed by atoms with E-state index in [0.717, 1.165) is 5.56 Å². The monoisotopic (exact) mass is 369 g/mol. The molecule has 26 heavy (non-hydrogen) atoms. The molecule has 2 aromatic carbocycles. The quantitative estimate of drug-likeness (QED) is 0.677. The van der Waals surface area contributed by atoms with E-state index in [1.54, 1.807) is 41.4 Å². The lowest BCUT2D eigenvalue weighted by atomic mass is 9.97. The number of nitrogens with one attached hydrogen (secondary N) is 1. The highest BCUT2D eigenvalue weighted by molar-refractivity contribution is 7.89. The summed E-state index contributed by atoms with van der Waals surface area (Å²) in [7, 11) is -0.392. The van der Waals surface area contributed by atoms with Crippen LogP contribution in [-0.4, -0.2) is 30.8 Å². The summed E-state index contributed by atoms with van der Waals surface area (Å²) in [5.74, 6) is -0.0352. The number of ketones is 1. The minimum atomic E-state index is -3.59. The fourth-order valence-electron chi connectivity index (χ4n) is 2.68. The molecule has 1 aromatic heterocycles. The zero-order valence-electron chi connectivity index (χ0n) is 14.5. The molecular weight excluding hydrogens is 350 g/mol. The molecule has 3 rings (SSSR count). The molecule has 0 aliphatic heterocycles. The van der Waals surface area contributed by atoms with E-state index < -0.39 is 10.0 Å². The summed E-state index contributed by atoms with van der Waals surface area (Å²) < 4.78 is 28.4. The number of carbonyl (C=O) groups excluding carboxylic acids is 1. The Balaban J connectivity index is 2.05. The van der Waals surface area contributed by atoms with E-state index in [2.05, 4.69) is 9.71 Å². The molecule has 1 N–H and O–H groups in total. The molecule has 0 atom stereocenters. The van der Waals surface area contributed by atoms with Crippen molar-refractivity contribution in [3.63, 3.8) is 0 Å². The molecule has 6 nitrogen and oxygen atoms in total. The lowest BCUT2D eigenvalue weighted by molar-refractivity contribution is 0.0993. The number of nitrogens with zero attached hydrogens (tertiary/aromatic N) is 2. The molecule has 0 bridgehead atoms. The number of carbonyl (C=O) groups is 1.